The second kappa shape index (κ2) is 7.67. The minimum Gasteiger partial charge on any atom is -0.357 e. The Hall–Kier alpha value is -2.60. The molecule has 152 valence electrons. The Labute approximate surface area is 175 Å². The topological polar surface area (TPSA) is 61.4 Å². The van der Waals surface area contributed by atoms with Gasteiger partial charge in [0.05, 0.1) is 30.5 Å². The quantitative estimate of drug-likeness (QED) is 0.789. The van der Waals surface area contributed by atoms with Crippen molar-refractivity contribution in [1.29, 1.82) is 0 Å². The van der Waals surface area contributed by atoms with Crippen molar-refractivity contribution in [3.05, 3.63) is 57.9 Å². The van der Waals surface area contributed by atoms with Crippen LogP contribution in [-0.2, 0) is 16.1 Å². The molecule has 0 spiro atoms. The van der Waals surface area contributed by atoms with Gasteiger partial charge in [-0.1, -0.05) is 32.0 Å². The molecule has 1 aromatic carbocycles. The van der Waals surface area contributed by atoms with E-state index in [1.54, 1.807) is 11.3 Å². The summed E-state index contributed by atoms with van der Waals surface area (Å²) in [7, 11) is 0. The minimum absolute atomic E-state index is 0.0484. The van der Waals surface area contributed by atoms with Gasteiger partial charge in [-0.05, 0) is 42.3 Å². The average Bonchev–Trinajstić information content (AvgIpc) is 3.13. The highest BCUT2D eigenvalue weighted by molar-refractivity contribution is 7.09. The van der Waals surface area contributed by atoms with E-state index in [1.165, 1.54) is 0 Å². The molecule has 2 heterocycles. The van der Waals surface area contributed by atoms with Crippen molar-refractivity contribution >= 4 is 34.4 Å². The Bertz CT molecular complexity index is 962. The van der Waals surface area contributed by atoms with Crippen LogP contribution < -0.4 is 15.5 Å². The van der Waals surface area contributed by atoms with Gasteiger partial charge < -0.3 is 15.5 Å². The van der Waals surface area contributed by atoms with Crippen LogP contribution in [0.4, 0.5) is 11.4 Å². The maximum absolute atomic E-state index is 13.0. The van der Waals surface area contributed by atoms with E-state index in [1.807, 2.05) is 53.6 Å². The summed E-state index contributed by atoms with van der Waals surface area (Å²) >= 11 is 1.63. The molecule has 1 amide bonds. The number of thiophene rings is 1. The Morgan fingerprint density at radius 1 is 1.24 bits per heavy atom. The zero-order valence-electron chi connectivity index (χ0n) is 17.1. The zero-order valence-corrected chi connectivity index (χ0v) is 17.9. The molecule has 0 saturated carbocycles. The van der Waals surface area contributed by atoms with Gasteiger partial charge in [-0.3, -0.25) is 9.59 Å². The molecule has 4 rings (SSSR count). The lowest BCUT2D eigenvalue weighted by Gasteiger charge is -2.36. The lowest BCUT2D eigenvalue weighted by atomic mass is 9.74. The van der Waals surface area contributed by atoms with Crippen LogP contribution in [0, 0.1) is 5.41 Å². The molecule has 1 aliphatic heterocycles. The smallest absolute Gasteiger partial charge is 0.239 e. The number of benzene rings is 1. The van der Waals surface area contributed by atoms with Crippen molar-refractivity contribution < 1.29 is 9.59 Å². The van der Waals surface area contributed by atoms with Gasteiger partial charge in [0.15, 0.2) is 5.78 Å². The second-order valence-electron chi connectivity index (χ2n) is 8.64. The number of Topliss-reactive ketones (excluding diaryl/α,β-unsaturated/α-hetero) is 1. The SMILES string of the molecule is CC1C2=C(CC(C)(C)CC2=O)Nc2ccccc2N1CC(=O)NCc1cccs1. The number of hydrogen-bond donors (Lipinski definition) is 2. The molecule has 2 aliphatic rings. The molecule has 1 aromatic heterocycles. The largest absolute Gasteiger partial charge is 0.357 e. The van der Waals surface area contributed by atoms with Crippen LogP contribution in [-0.4, -0.2) is 24.3 Å². The third-order valence-electron chi connectivity index (χ3n) is 5.66. The van der Waals surface area contributed by atoms with Crippen molar-refractivity contribution in [2.24, 2.45) is 5.41 Å². The fraction of sp³-hybridized carbons (Fsp3) is 0.391. The summed E-state index contributed by atoms with van der Waals surface area (Å²) in [6, 6.07) is 11.8. The van der Waals surface area contributed by atoms with Gasteiger partial charge in [0, 0.05) is 22.6 Å². The van der Waals surface area contributed by atoms with E-state index in [9.17, 15) is 9.59 Å². The summed E-state index contributed by atoms with van der Waals surface area (Å²) in [4.78, 5) is 29.0. The standard InChI is InChI=1S/C23H27N3O2S/c1-15-22-18(11-23(2,3)12-20(22)27)25-17-8-4-5-9-19(17)26(15)14-21(28)24-13-16-7-6-10-29-16/h4-10,15,25H,11-14H2,1-3H3,(H,24,28). The van der Waals surface area contributed by atoms with Gasteiger partial charge in [-0.15, -0.1) is 11.3 Å². The highest BCUT2D eigenvalue weighted by Crippen LogP contribution is 2.43. The molecule has 5 nitrogen and oxygen atoms in total. The number of ketones is 1. The van der Waals surface area contributed by atoms with Gasteiger partial charge >= 0.3 is 0 Å². The van der Waals surface area contributed by atoms with Crippen LogP contribution >= 0.6 is 11.3 Å². The van der Waals surface area contributed by atoms with Crippen LogP contribution in [0.3, 0.4) is 0 Å². The molecule has 2 N–H and O–H groups in total. The van der Waals surface area contributed by atoms with E-state index < -0.39 is 0 Å². The number of fused-ring (bicyclic) bond motifs is 1. The maximum Gasteiger partial charge on any atom is 0.239 e. The van der Waals surface area contributed by atoms with Crippen LogP contribution in [0.25, 0.3) is 0 Å². The predicted octanol–water partition coefficient (Wildman–Crippen LogP) is 4.33. The fourth-order valence-electron chi connectivity index (χ4n) is 4.32. The highest BCUT2D eigenvalue weighted by atomic mass is 32.1. The number of nitrogens with zero attached hydrogens (tertiary/aromatic N) is 1. The van der Waals surface area contributed by atoms with Crippen molar-refractivity contribution in [2.45, 2.75) is 46.2 Å². The second-order valence-corrected chi connectivity index (χ2v) is 9.67. The molecular weight excluding hydrogens is 382 g/mol. The first kappa shape index (κ1) is 19.7. The normalized spacial score (nSPS) is 20.4. The van der Waals surface area contributed by atoms with Crippen LogP contribution in [0.2, 0.25) is 0 Å². The highest BCUT2D eigenvalue weighted by Gasteiger charge is 2.39. The summed E-state index contributed by atoms with van der Waals surface area (Å²) in [6.07, 6.45) is 1.36. The van der Waals surface area contributed by atoms with Crippen molar-refractivity contribution in [1.82, 2.24) is 5.32 Å². The first-order valence-electron chi connectivity index (χ1n) is 10.0. The summed E-state index contributed by atoms with van der Waals surface area (Å²) in [6.45, 7) is 7.03. The molecule has 2 aromatic rings. The Morgan fingerprint density at radius 3 is 2.79 bits per heavy atom. The molecule has 1 atom stereocenters. The van der Waals surface area contributed by atoms with E-state index in [4.69, 9.17) is 0 Å². The van der Waals surface area contributed by atoms with Gasteiger partial charge in [-0.25, -0.2) is 0 Å². The number of carbonyl (C=O) groups excluding carboxylic acids is 2. The molecule has 1 aliphatic carbocycles. The van der Waals surface area contributed by atoms with E-state index in [0.29, 0.717) is 13.0 Å². The average molecular weight is 410 g/mol. The first-order valence-corrected chi connectivity index (χ1v) is 10.9. The van der Waals surface area contributed by atoms with Crippen molar-refractivity contribution in [3.63, 3.8) is 0 Å². The van der Waals surface area contributed by atoms with Gasteiger partial charge in [0.25, 0.3) is 0 Å². The molecule has 0 fully saturated rings. The zero-order chi connectivity index (χ0) is 20.6. The van der Waals surface area contributed by atoms with Gasteiger partial charge in [0.2, 0.25) is 5.91 Å². The summed E-state index contributed by atoms with van der Waals surface area (Å²) in [5.74, 6) is 0.126. The number of nitrogens with one attached hydrogen (secondary N) is 2. The molecule has 29 heavy (non-hydrogen) atoms. The van der Waals surface area contributed by atoms with Crippen LogP contribution in [0.5, 0.6) is 0 Å². The number of hydrogen-bond acceptors (Lipinski definition) is 5. The number of amides is 1. The molecule has 0 bridgehead atoms. The molecule has 6 heteroatoms. The van der Waals surface area contributed by atoms with Gasteiger partial charge in [-0.2, -0.15) is 0 Å². The third-order valence-corrected chi connectivity index (χ3v) is 6.53. The number of para-hydroxylation sites is 2. The Balaban J connectivity index is 1.63. The minimum atomic E-state index is -0.169. The summed E-state index contributed by atoms with van der Waals surface area (Å²) < 4.78 is 0. The van der Waals surface area contributed by atoms with E-state index in [2.05, 4.69) is 24.5 Å². The number of carbonyl (C=O) groups is 2. The van der Waals surface area contributed by atoms with Crippen molar-refractivity contribution in [2.75, 3.05) is 16.8 Å². The first-order chi connectivity index (χ1) is 13.8. The van der Waals surface area contributed by atoms with E-state index in [-0.39, 0.29) is 29.7 Å². The lowest BCUT2D eigenvalue weighted by Crippen LogP contribution is -2.44. The number of rotatable bonds is 4. The van der Waals surface area contributed by atoms with E-state index in [0.717, 1.165) is 33.9 Å². The molecule has 0 radical (unpaired) electrons. The predicted molar refractivity (Wildman–Crippen MR) is 118 cm³/mol. The maximum atomic E-state index is 13.0. The van der Waals surface area contributed by atoms with Gasteiger partial charge in [0.1, 0.15) is 0 Å². The summed E-state index contributed by atoms with van der Waals surface area (Å²) in [5.41, 5.74) is 3.64. The fourth-order valence-corrected chi connectivity index (χ4v) is 4.96. The number of anilines is 2. The van der Waals surface area contributed by atoms with Crippen LogP contribution in [0.1, 0.15) is 38.5 Å². The molecule has 1 unspecified atom stereocenters. The lowest BCUT2D eigenvalue weighted by molar-refractivity contribution is -0.120. The summed E-state index contributed by atoms with van der Waals surface area (Å²) in [5, 5.41) is 8.54. The number of allylic oxidation sites excluding steroid dienone is 1. The third kappa shape index (κ3) is 4.08. The van der Waals surface area contributed by atoms with E-state index >= 15 is 0 Å². The molecular formula is C23H27N3O2S. The monoisotopic (exact) mass is 409 g/mol. The molecule has 0 saturated heterocycles. The Morgan fingerprint density at radius 2 is 2.03 bits per heavy atom. The van der Waals surface area contributed by atoms with Crippen molar-refractivity contribution in [3.8, 4) is 0 Å². The van der Waals surface area contributed by atoms with Crippen LogP contribution in [0.15, 0.2) is 53.0 Å². The Kier molecular flexibility index (Phi) is 5.21.